The van der Waals surface area contributed by atoms with Crippen LogP contribution in [0.4, 0.5) is 0 Å². The van der Waals surface area contributed by atoms with Crippen LogP contribution in [0.1, 0.15) is 30.8 Å². The molecule has 0 aromatic carbocycles. The highest BCUT2D eigenvalue weighted by Gasteiger charge is 2.17. The van der Waals surface area contributed by atoms with Crippen LogP contribution in [-0.4, -0.2) is 35.3 Å². The molecule has 2 unspecified atom stereocenters. The summed E-state index contributed by atoms with van der Waals surface area (Å²) in [4.78, 5) is 11.9. The van der Waals surface area contributed by atoms with Crippen molar-refractivity contribution >= 4 is 18.3 Å². The molecule has 1 aromatic heterocycles. The molecule has 2 atom stereocenters. The summed E-state index contributed by atoms with van der Waals surface area (Å²) in [6, 6.07) is 0.119. The zero-order chi connectivity index (χ0) is 14.6. The molecule has 0 aliphatic carbocycles. The van der Waals surface area contributed by atoms with Gasteiger partial charge in [-0.25, -0.2) is 0 Å². The summed E-state index contributed by atoms with van der Waals surface area (Å²) in [7, 11) is 3.81. The highest BCUT2D eigenvalue weighted by atomic mass is 35.5. The van der Waals surface area contributed by atoms with Crippen molar-refractivity contribution in [2.75, 3.05) is 13.6 Å². The number of carbonyl (C=O) groups is 1. The Bertz CT molecular complexity index is 445. The molecule has 1 heterocycles. The standard InChI is InChI=1S/C14H26N4O.ClH/c1-9(8-15-5)14(19)16-10(2)7-13-11(3)17-18(6)12(13)4;/h9-10,15H,7-8H2,1-6H3,(H,16,19);1H. The first kappa shape index (κ1) is 18.9. The van der Waals surface area contributed by atoms with E-state index < -0.39 is 0 Å². The number of halogens is 1. The third kappa shape index (κ3) is 4.80. The number of rotatable bonds is 6. The van der Waals surface area contributed by atoms with Gasteiger partial charge in [0.05, 0.1) is 5.69 Å². The zero-order valence-electron chi connectivity index (χ0n) is 13.3. The number of hydrogen-bond donors (Lipinski definition) is 2. The molecule has 5 nitrogen and oxygen atoms in total. The molecule has 0 saturated heterocycles. The fourth-order valence-corrected chi connectivity index (χ4v) is 2.25. The van der Waals surface area contributed by atoms with Gasteiger partial charge < -0.3 is 10.6 Å². The molecule has 0 spiro atoms. The summed E-state index contributed by atoms with van der Waals surface area (Å²) in [5.74, 6) is 0.0876. The summed E-state index contributed by atoms with van der Waals surface area (Å²) >= 11 is 0. The summed E-state index contributed by atoms with van der Waals surface area (Å²) < 4.78 is 1.89. The maximum absolute atomic E-state index is 11.9. The number of nitrogens with one attached hydrogen (secondary N) is 2. The third-order valence-corrected chi connectivity index (χ3v) is 3.52. The monoisotopic (exact) mass is 302 g/mol. The molecule has 2 N–H and O–H groups in total. The second-order valence-corrected chi connectivity index (χ2v) is 5.35. The van der Waals surface area contributed by atoms with E-state index in [1.165, 1.54) is 11.3 Å². The summed E-state index contributed by atoms with van der Waals surface area (Å²) in [6.45, 7) is 8.74. The van der Waals surface area contributed by atoms with Gasteiger partial charge in [-0.15, -0.1) is 12.4 Å². The largest absolute Gasteiger partial charge is 0.353 e. The quantitative estimate of drug-likeness (QED) is 0.834. The summed E-state index contributed by atoms with van der Waals surface area (Å²) in [5.41, 5.74) is 3.45. The molecule has 1 aromatic rings. The molecule has 0 saturated carbocycles. The minimum Gasteiger partial charge on any atom is -0.353 e. The average molecular weight is 303 g/mol. The lowest BCUT2D eigenvalue weighted by molar-refractivity contribution is -0.124. The lowest BCUT2D eigenvalue weighted by atomic mass is 10.0. The molecule has 0 fully saturated rings. The minimum atomic E-state index is -0.0106. The van der Waals surface area contributed by atoms with Gasteiger partial charge in [-0.3, -0.25) is 9.48 Å². The lowest BCUT2D eigenvalue weighted by Gasteiger charge is -2.17. The van der Waals surface area contributed by atoms with E-state index in [2.05, 4.69) is 22.7 Å². The van der Waals surface area contributed by atoms with E-state index >= 15 is 0 Å². The van der Waals surface area contributed by atoms with E-state index in [0.717, 1.165) is 12.1 Å². The second-order valence-electron chi connectivity index (χ2n) is 5.35. The van der Waals surface area contributed by atoms with Crippen molar-refractivity contribution in [2.45, 2.75) is 40.2 Å². The van der Waals surface area contributed by atoms with E-state index in [4.69, 9.17) is 0 Å². The number of nitrogens with zero attached hydrogens (tertiary/aromatic N) is 2. The Morgan fingerprint density at radius 2 is 1.95 bits per heavy atom. The van der Waals surface area contributed by atoms with Crippen LogP contribution in [0, 0.1) is 19.8 Å². The molecule has 116 valence electrons. The Balaban J connectivity index is 0.00000361. The van der Waals surface area contributed by atoms with Gasteiger partial charge in [0.1, 0.15) is 0 Å². The normalized spacial score (nSPS) is 13.5. The average Bonchev–Trinajstić information content (AvgIpc) is 2.56. The minimum absolute atomic E-state index is 0. The fraction of sp³-hybridized carbons (Fsp3) is 0.714. The number of carbonyl (C=O) groups excluding carboxylic acids is 1. The first-order valence-corrected chi connectivity index (χ1v) is 6.80. The lowest BCUT2D eigenvalue weighted by Crippen LogP contribution is -2.40. The molecule has 0 aliphatic heterocycles. The van der Waals surface area contributed by atoms with E-state index in [1.807, 2.05) is 39.5 Å². The zero-order valence-corrected chi connectivity index (χ0v) is 14.1. The van der Waals surface area contributed by atoms with Crippen LogP contribution in [0.3, 0.4) is 0 Å². The molecule has 1 amide bonds. The smallest absolute Gasteiger partial charge is 0.224 e. The maximum atomic E-state index is 11.9. The SMILES string of the molecule is CNCC(C)C(=O)NC(C)Cc1c(C)nn(C)c1C.Cl. The predicted octanol–water partition coefficient (Wildman–Crippen LogP) is 1.36. The van der Waals surface area contributed by atoms with Crippen molar-refractivity contribution in [3.63, 3.8) is 0 Å². The molecule has 20 heavy (non-hydrogen) atoms. The van der Waals surface area contributed by atoms with Crippen molar-refractivity contribution in [1.29, 1.82) is 0 Å². The van der Waals surface area contributed by atoms with E-state index in [0.29, 0.717) is 6.54 Å². The highest BCUT2D eigenvalue weighted by Crippen LogP contribution is 2.14. The summed E-state index contributed by atoms with van der Waals surface area (Å²) in [6.07, 6.45) is 0.823. The van der Waals surface area contributed by atoms with Crippen LogP contribution in [0.15, 0.2) is 0 Å². The van der Waals surface area contributed by atoms with E-state index in [1.54, 1.807) is 0 Å². The Morgan fingerprint density at radius 3 is 2.40 bits per heavy atom. The number of aromatic nitrogens is 2. The van der Waals surface area contributed by atoms with Gasteiger partial charge in [0.15, 0.2) is 0 Å². The van der Waals surface area contributed by atoms with Gasteiger partial charge in [-0.05, 0) is 39.8 Å². The van der Waals surface area contributed by atoms with Crippen LogP contribution in [0.5, 0.6) is 0 Å². The van der Waals surface area contributed by atoms with Gasteiger partial charge in [0.25, 0.3) is 0 Å². The second kappa shape index (κ2) is 8.27. The molecule has 1 rings (SSSR count). The molecular weight excluding hydrogens is 276 g/mol. The first-order valence-electron chi connectivity index (χ1n) is 6.80. The van der Waals surface area contributed by atoms with Crippen LogP contribution in [0.2, 0.25) is 0 Å². The van der Waals surface area contributed by atoms with Gasteiger partial charge in [-0.1, -0.05) is 6.92 Å². The Labute approximate surface area is 127 Å². The van der Waals surface area contributed by atoms with Crippen LogP contribution < -0.4 is 10.6 Å². The van der Waals surface area contributed by atoms with Crippen LogP contribution >= 0.6 is 12.4 Å². The Hall–Kier alpha value is -1.07. The number of hydrogen-bond acceptors (Lipinski definition) is 3. The van der Waals surface area contributed by atoms with E-state index in [-0.39, 0.29) is 30.3 Å². The molecular formula is C14H27ClN4O. The van der Waals surface area contributed by atoms with Crippen LogP contribution in [-0.2, 0) is 18.3 Å². The van der Waals surface area contributed by atoms with Gasteiger partial charge in [-0.2, -0.15) is 5.10 Å². The van der Waals surface area contributed by atoms with Crippen molar-refractivity contribution in [3.05, 3.63) is 17.0 Å². The summed E-state index contributed by atoms with van der Waals surface area (Å²) in [5, 5.41) is 10.5. The van der Waals surface area contributed by atoms with Gasteiger partial charge in [0, 0.05) is 31.2 Å². The highest BCUT2D eigenvalue weighted by molar-refractivity contribution is 5.85. The Kier molecular flexibility index (Phi) is 7.83. The predicted molar refractivity (Wildman–Crippen MR) is 84.3 cm³/mol. The Morgan fingerprint density at radius 1 is 1.35 bits per heavy atom. The van der Waals surface area contributed by atoms with Gasteiger partial charge in [0.2, 0.25) is 5.91 Å². The third-order valence-electron chi connectivity index (χ3n) is 3.52. The van der Waals surface area contributed by atoms with Gasteiger partial charge >= 0.3 is 0 Å². The van der Waals surface area contributed by atoms with Crippen molar-refractivity contribution in [2.24, 2.45) is 13.0 Å². The number of aryl methyl sites for hydroxylation is 2. The van der Waals surface area contributed by atoms with Crippen molar-refractivity contribution in [1.82, 2.24) is 20.4 Å². The van der Waals surface area contributed by atoms with E-state index in [9.17, 15) is 4.79 Å². The molecule has 0 bridgehead atoms. The first-order chi connectivity index (χ1) is 8.86. The van der Waals surface area contributed by atoms with Crippen LogP contribution in [0.25, 0.3) is 0 Å². The number of amides is 1. The van der Waals surface area contributed by atoms with Crippen molar-refractivity contribution in [3.8, 4) is 0 Å². The topological polar surface area (TPSA) is 59.0 Å². The maximum Gasteiger partial charge on any atom is 0.224 e. The molecule has 0 aliphatic rings. The molecule has 0 radical (unpaired) electrons. The van der Waals surface area contributed by atoms with Crippen molar-refractivity contribution < 1.29 is 4.79 Å². The molecule has 6 heteroatoms. The fourth-order valence-electron chi connectivity index (χ4n) is 2.25.